The van der Waals surface area contributed by atoms with E-state index in [0.29, 0.717) is 11.8 Å². The maximum Gasteiger partial charge on any atom is 0.260 e. The highest BCUT2D eigenvalue weighted by atomic mass is 16.5. The smallest absolute Gasteiger partial charge is 0.260 e. The summed E-state index contributed by atoms with van der Waals surface area (Å²) in [6, 6.07) is 7.73. The average molecular weight is 315 g/mol. The van der Waals surface area contributed by atoms with E-state index in [-0.39, 0.29) is 12.5 Å². The first-order chi connectivity index (χ1) is 11.3. The number of hydrogen-bond donors (Lipinski definition) is 0. The van der Waals surface area contributed by atoms with Crippen molar-refractivity contribution in [3.05, 3.63) is 30.6 Å². The second kappa shape index (κ2) is 7.21. The van der Waals surface area contributed by atoms with Gasteiger partial charge in [-0.05, 0) is 48.2 Å². The van der Waals surface area contributed by atoms with Gasteiger partial charge in [0.15, 0.2) is 6.61 Å². The normalized spacial score (nSPS) is 18.0. The predicted octanol–water partition coefficient (Wildman–Crippen LogP) is 1.83. The Bertz CT molecular complexity index is 644. The largest absolute Gasteiger partial charge is 0.484 e. The number of piperidine rings is 1. The number of ether oxygens (including phenoxy) is 1. The molecule has 1 aliphatic rings. The van der Waals surface area contributed by atoms with E-state index in [1.54, 1.807) is 4.68 Å². The summed E-state index contributed by atoms with van der Waals surface area (Å²) in [5.41, 5.74) is 0.796. The van der Waals surface area contributed by atoms with Gasteiger partial charge in [0, 0.05) is 18.7 Å². The molecule has 0 aliphatic carbocycles. The van der Waals surface area contributed by atoms with E-state index >= 15 is 0 Å². The third-order valence-electron chi connectivity index (χ3n) is 4.21. The van der Waals surface area contributed by atoms with Crippen molar-refractivity contribution in [1.29, 1.82) is 0 Å². The molecule has 3 rings (SSSR count). The predicted molar refractivity (Wildman–Crippen MR) is 84.3 cm³/mol. The molecule has 1 aromatic carbocycles. The Morgan fingerprint density at radius 3 is 3.09 bits per heavy atom. The highest BCUT2D eigenvalue weighted by molar-refractivity contribution is 5.78. The van der Waals surface area contributed by atoms with Crippen molar-refractivity contribution in [2.24, 2.45) is 0 Å². The Balaban J connectivity index is 1.61. The van der Waals surface area contributed by atoms with Crippen molar-refractivity contribution in [2.45, 2.75) is 38.6 Å². The Hall–Kier alpha value is -2.44. The summed E-state index contributed by atoms with van der Waals surface area (Å²) in [7, 11) is 0. The van der Waals surface area contributed by atoms with Crippen molar-refractivity contribution in [2.75, 3.05) is 13.2 Å². The Morgan fingerprint density at radius 2 is 2.30 bits per heavy atom. The van der Waals surface area contributed by atoms with Gasteiger partial charge < -0.3 is 9.64 Å². The number of rotatable bonds is 5. The molecule has 2 aromatic rings. The van der Waals surface area contributed by atoms with Gasteiger partial charge in [0.2, 0.25) is 0 Å². The van der Waals surface area contributed by atoms with Gasteiger partial charge >= 0.3 is 0 Å². The van der Waals surface area contributed by atoms with Crippen molar-refractivity contribution < 1.29 is 9.53 Å². The third-order valence-corrected chi connectivity index (χ3v) is 4.21. The van der Waals surface area contributed by atoms with Gasteiger partial charge in [-0.2, -0.15) is 0 Å². The maximum atomic E-state index is 12.4. The van der Waals surface area contributed by atoms with Crippen LogP contribution in [0, 0.1) is 0 Å². The molecule has 7 nitrogen and oxygen atoms in total. The average Bonchev–Trinajstić information content (AvgIpc) is 3.14. The Morgan fingerprint density at radius 1 is 1.39 bits per heavy atom. The lowest BCUT2D eigenvalue weighted by Crippen LogP contribution is -2.45. The lowest BCUT2D eigenvalue weighted by atomic mass is 10.00. The molecule has 1 fully saturated rings. The van der Waals surface area contributed by atoms with Gasteiger partial charge in [0.05, 0.1) is 5.69 Å². The van der Waals surface area contributed by atoms with Crippen molar-refractivity contribution in [3.8, 4) is 11.4 Å². The molecule has 0 N–H and O–H groups in total. The van der Waals surface area contributed by atoms with Crippen LogP contribution in [0.25, 0.3) is 5.69 Å². The van der Waals surface area contributed by atoms with Crippen LogP contribution in [0.2, 0.25) is 0 Å². The van der Waals surface area contributed by atoms with Crippen molar-refractivity contribution in [1.82, 2.24) is 25.1 Å². The van der Waals surface area contributed by atoms with Crippen LogP contribution in [0.1, 0.15) is 32.6 Å². The molecular formula is C16H21N5O2. The first kappa shape index (κ1) is 15.5. The molecule has 0 saturated carbocycles. The summed E-state index contributed by atoms with van der Waals surface area (Å²) in [5, 5.41) is 11.1. The molecule has 1 amide bonds. The second-order valence-corrected chi connectivity index (χ2v) is 5.69. The highest BCUT2D eigenvalue weighted by Gasteiger charge is 2.25. The number of amides is 1. The molecule has 7 heteroatoms. The molecule has 1 aromatic heterocycles. The Labute approximate surface area is 135 Å². The number of likely N-dealkylation sites (tertiary alicyclic amines) is 1. The first-order valence-corrected chi connectivity index (χ1v) is 8.03. The van der Waals surface area contributed by atoms with Crippen molar-refractivity contribution in [3.63, 3.8) is 0 Å². The summed E-state index contributed by atoms with van der Waals surface area (Å²) < 4.78 is 7.23. The fraction of sp³-hybridized carbons (Fsp3) is 0.500. The molecule has 1 atom stereocenters. The summed E-state index contributed by atoms with van der Waals surface area (Å²) in [6.07, 6.45) is 5.90. The lowest BCUT2D eigenvalue weighted by Gasteiger charge is -2.35. The quantitative estimate of drug-likeness (QED) is 0.841. The van der Waals surface area contributed by atoms with E-state index in [2.05, 4.69) is 22.4 Å². The minimum Gasteiger partial charge on any atom is -0.484 e. The first-order valence-electron chi connectivity index (χ1n) is 8.03. The zero-order valence-electron chi connectivity index (χ0n) is 13.3. The topological polar surface area (TPSA) is 73.1 Å². The van der Waals surface area contributed by atoms with Crippen LogP contribution >= 0.6 is 0 Å². The number of tetrazole rings is 1. The number of carbonyl (C=O) groups excluding carboxylic acids is 1. The molecule has 0 spiro atoms. The van der Waals surface area contributed by atoms with Crippen LogP contribution < -0.4 is 4.74 Å². The van der Waals surface area contributed by atoms with Crippen LogP contribution in [-0.2, 0) is 4.79 Å². The van der Waals surface area contributed by atoms with Crippen LogP contribution in [0.5, 0.6) is 5.75 Å². The number of carbonyl (C=O) groups is 1. The van der Waals surface area contributed by atoms with Crippen LogP contribution in [-0.4, -0.2) is 50.2 Å². The molecule has 0 radical (unpaired) electrons. The molecule has 1 saturated heterocycles. The lowest BCUT2D eigenvalue weighted by molar-refractivity contribution is -0.137. The number of hydrogen-bond acceptors (Lipinski definition) is 5. The van der Waals surface area contributed by atoms with E-state index in [1.807, 2.05) is 29.2 Å². The molecule has 0 bridgehead atoms. The van der Waals surface area contributed by atoms with E-state index in [1.165, 1.54) is 12.7 Å². The number of nitrogens with zero attached hydrogens (tertiary/aromatic N) is 5. The molecule has 2 heterocycles. The van der Waals surface area contributed by atoms with Crippen molar-refractivity contribution >= 4 is 5.91 Å². The van der Waals surface area contributed by atoms with Gasteiger partial charge in [-0.15, -0.1) is 5.10 Å². The number of aromatic nitrogens is 4. The van der Waals surface area contributed by atoms with Gasteiger partial charge in [-0.1, -0.05) is 13.0 Å². The molecule has 23 heavy (non-hydrogen) atoms. The van der Waals surface area contributed by atoms with Crippen LogP contribution in [0.4, 0.5) is 0 Å². The minimum atomic E-state index is 0.0596. The monoisotopic (exact) mass is 315 g/mol. The van der Waals surface area contributed by atoms with Gasteiger partial charge in [-0.3, -0.25) is 4.79 Å². The fourth-order valence-electron chi connectivity index (χ4n) is 2.98. The van der Waals surface area contributed by atoms with E-state index in [0.717, 1.165) is 31.5 Å². The molecule has 122 valence electrons. The fourth-order valence-corrected chi connectivity index (χ4v) is 2.98. The van der Waals surface area contributed by atoms with E-state index in [9.17, 15) is 4.79 Å². The SMILES string of the molecule is CC[C@@H]1CCCCN1C(=O)COc1cccc(-n2cnnn2)c1. The highest BCUT2D eigenvalue weighted by Crippen LogP contribution is 2.20. The summed E-state index contributed by atoms with van der Waals surface area (Å²) >= 11 is 0. The zero-order chi connectivity index (χ0) is 16.1. The molecule has 0 unspecified atom stereocenters. The minimum absolute atomic E-state index is 0.0596. The summed E-state index contributed by atoms with van der Waals surface area (Å²) in [4.78, 5) is 14.4. The van der Waals surface area contributed by atoms with Gasteiger partial charge in [0.1, 0.15) is 12.1 Å². The second-order valence-electron chi connectivity index (χ2n) is 5.69. The van der Waals surface area contributed by atoms with Gasteiger partial charge in [0.25, 0.3) is 5.91 Å². The standard InChI is InChI=1S/C16H21N5O2/c1-2-13-6-3-4-9-20(13)16(22)11-23-15-8-5-7-14(10-15)21-12-17-18-19-21/h5,7-8,10,12-13H,2-4,6,9,11H2,1H3/t13-/m1/s1. The molecule has 1 aliphatic heterocycles. The van der Waals surface area contributed by atoms with Gasteiger partial charge in [-0.25, -0.2) is 4.68 Å². The van der Waals surface area contributed by atoms with E-state index < -0.39 is 0 Å². The maximum absolute atomic E-state index is 12.4. The number of benzene rings is 1. The van der Waals surface area contributed by atoms with Crippen LogP contribution in [0.15, 0.2) is 30.6 Å². The zero-order valence-corrected chi connectivity index (χ0v) is 13.3. The van der Waals surface area contributed by atoms with Crippen LogP contribution in [0.3, 0.4) is 0 Å². The molecular weight excluding hydrogens is 294 g/mol. The summed E-state index contributed by atoms with van der Waals surface area (Å²) in [6.45, 7) is 3.04. The third kappa shape index (κ3) is 3.67. The summed E-state index contributed by atoms with van der Waals surface area (Å²) in [5.74, 6) is 0.695. The van der Waals surface area contributed by atoms with E-state index in [4.69, 9.17) is 4.74 Å². The Kier molecular flexibility index (Phi) is 4.85.